The largest absolute Gasteiger partial charge is 0.354 e. The van der Waals surface area contributed by atoms with Crippen LogP contribution in [0, 0.1) is 0 Å². The van der Waals surface area contributed by atoms with E-state index < -0.39 is 21.0 Å². The third-order valence-electron chi connectivity index (χ3n) is 5.30. The van der Waals surface area contributed by atoms with E-state index in [0.29, 0.717) is 30.0 Å². The quantitative estimate of drug-likeness (QED) is 0.166. The molecule has 0 saturated carbocycles. The molecule has 10 heteroatoms. The second-order valence-electron chi connectivity index (χ2n) is 7.33. The lowest BCUT2D eigenvalue weighted by Gasteiger charge is -2.33. The van der Waals surface area contributed by atoms with Crippen LogP contribution in [-0.2, 0) is 21.2 Å². The van der Waals surface area contributed by atoms with Gasteiger partial charge in [0.2, 0.25) is 9.84 Å². The molecule has 1 aromatic heterocycles. The SMILES string of the molecule is C=CC(c1ccc(CN)cc1)S(=O)(=O)C1=C(C(=O)NN)CCCN1CC(=O)c1cccs1. The number of amides is 1. The van der Waals surface area contributed by atoms with E-state index in [2.05, 4.69) is 6.58 Å². The van der Waals surface area contributed by atoms with E-state index in [1.807, 2.05) is 5.43 Å². The van der Waals surface area contributed by atoms with Crippen molar-refractivity contribution >= 4 is 32.9 Å². The van der Waals surface area contributed by atoms with Crippen molar-refractivity contribution in [2.75, 3.05) is 13.1 Å². The number of rotatable bonds is 9. The number of Topliss-reactive ketones (excluding diaryl/α,β-unsaturated/α-hetero) is 1. The van der Waals surface area contributed by atoms with Gasteiger partial charge in [0.05, 0.1) is 17.0 Å². The minimum Gasteiger partial charge on any atom is -0.354 e. The number of thiophene rings is 1. The van der Waals surface area contributed by atoms with Crippen molar-refractivity contribution in [1.29, 1.82) is 0 Å². The van der Waals surface area contributed by atoms with Gasteiger partial charge in [0, 0.05) is 13.1 Å². The van der Waals surface area contributed by atoms with E-state index >= 15 is 0 Å². The van der Waals surface area contributed by atoms with Gasteiger partial charge in [-0.3, -0.25) is 15.0 Å². The van der Waals surface area contributed by atoms with Crippen molar-refractivity contribution in [1.82, 2.24) is 10.3 Å². The number of hydrazine groups is 1. The molecule has 1 aliphatic rings. The highest BCUT2D eigenvalue weighted by Gasteiger charge is 2.38. The van der Waals surface area contributed by atoms with E-state index in [1.165, 1.54) is 22.3 Å². The van der Waals surface area contributed by atoms with Crippen LogP contribution in [0.25, 0.3) is 0 Å². The zero-order valence-corrected chi connectivity index (χ0v) is 19.1. The number of nitrogens with zero attached hydrogens (tertiary/aromatic N) is 1. The minimum atomic E-state index is -4.12. The second kappa shape index (κ2) is 10.2. The molecule has 170 valence electrons. The topological polar surface area (TPSA) is 136 Å². The lowest BCUT2D eigenvalue weighted by molar-refractivity contribution is -0.117. The Morgan fingerprint density at radius 2 is 1.97 bits per heavy atom. The van der Waals surface area contributed by atoms with E-state index in [9.17, 15) is 18.0 Å². The first-order valence-corrected chi connectivity index (χ1v) is 12.5. The second-order valence-corrected chi connectivity index (χ2v) is 10.3. The molecule has 1 aromatic carbocycles. The Morgan fingerprint density at radius 1 is 1.25 bits per heavy atom. The normalized spacial score (nSPS) is 15.4. The first kappa shape index (κ1) is 23.9. The van der Waals surface area contributed by atoms with Gasteiger partial charge in [0.15, 0.2) is 5.78 Å². The Morgan fingerprint density at radius 3 is 2.53 bits per heavy atom. The van der Waals surface area contributed by atoms with Gasteiger partial charge < -0.3 is 10.6 Å². The maximum absolute atomic E-state index is 13.9. The molecule has 1 atom stereocenters. The number of ketones is 1. The maximum Gasteiger partial charge on any atom is 0.263 e. The Hall–Kier alpha value is -2.79. The van der Waals surface area contributed by atoms with E-state index in [0.717, 1.165) is 5.56 Å². The minimum absolute atomic E-state index is 0.0446. The summed E-state index contributed by atoms with van der Waals surface area (Å²) in [6.07, 6.45) is 2.08. The van der Waals surface area contributed by atoms with Gasteiger partial charge in [0.25, 0.3) is 5.91 Å². The van der Waals surface area contributed by atoms with Crippen LogP contribution in [0.3, 0.4) is 0 Å². The fourth-order valence-electron chi connectivity index (χ4n) is 3.74. The van der Waals surface area contributed by atoms with Crippen molar-refractivity contribution in [3.63, 3.8) is 0 Å². The van der Waals surface area contributed by atoms with E-state index in [-0.39, 0.29) is 29.4 Å². The number of benzene rings is 1. The smallest absolute Gasteiger partial charge is 0.263 e. The summed E-state index contributed by atoms with van der Waals surface area (Å²) >= 11 is 1.28. The summed E-state index contributed by atoms with van der Waals surface area (Å²) in [7, 11) is -4.12. The summed E-state index contributed by atoms with van der Waals surface area (Å²) in [6.45, 7) is 4.21. The summed E-state index contributed by atoms with van der Waals surface area (Å²) in [5.74, 6) is 4.44. The molecule has 1 aliphatic heterocycles. The monoisotopic (exact) mass is 474 g/mol. The zero-order valence-electron chi connectivity index (χ0n) is 17.5. The number of nitrogens with one attached hydrogen (secondary N) is 1. The lowest BCUT2D eigenvalue weighted by Crippen LogP contribution is -2.42. The van der Waals surface area contributed by atoms with Crippen molar-refractivity contribution < 1.29 is 18.0 Å². The molecule has 8 nitrogen and oxygen atoms in total. The summed E-state index contributed by atoms with van der Waals surface area (Å²) < 4.78 is 27.7. The predicted molar refractivity (Wildman–Crippen MR) is 125 cm³/mol. The van der Waals surface area contributed by atoms with E-state index in [4.69, 9.17) is 11.6 Å². The Labute approximate surface area is 191 Å². The van der Waals surface area contributed by atoms with Crippen molar-refractivity contribution in [2.24, 2.45) is 11.6 Å². The number of hydrogen-bond donors (Lipinski definition) is 3. The molecular weight excluding hydrogens is 448 g/mol. The number of carbonyl (C=O) groups excluding carboxylic acids is 2. The van der Waals surface area contributed by atoms with Crippen LogP contribution >= 0.6 is 11.3 Å². The molecular formula is C22H26N4O4S2. The van der Waals surface area contributed by atoms with Gasteiger partial charge in [-0.15, -0.1) is 17.9 Å². The molecule has 0 aliphatic carbocycles. The zero-order chi connectivity index (χ0) is 23.3. The summed E-state index contributed by atoms with van der Waals surface area (Å²) in [5, 5.41) is 0.495. The standard InChI is InChI=1S/C22H26N4O4S2/c1-2-20(16-9-7-15(13-23)8-10-16)32(29,30)22-17(21(28)25-24)5-3-11-26(22)14-18(27)19-6-4-12-31-19/h2,4,6-10,12,20H,1,3,5,11,13-14,23-24H2,(H,25,28). The molecule has 1 unspecified atom stereocenters. The fourth-order valence-corrected chi connectivity index (χ4v) is 6.46. The number of nitrogens with two attached hydrogens (primary N) is 2. The molecule has 0 saturated heterocycles. The average molecular weight is 475 g/mol. The van der Waals surface area contributed by atoms with Crippen LogP contribution in [0.1, 0.15) is 38.9 Å². The van der Waals surface area contributed by atoms with Crippen molar-refractivity contribution in [3.8, 4) is 0 Å². The molecule has 2 heterocycles. The van der Waals surface area contributed by atoms with Crippen LogP contribution in [0.2, 0.25) is 0 Å². The molecule has 3 rings (SSSR count). The first-order valence-electron chi connectivity index (χ1n) is 10.0. The van der Waals surface area contributed by atoms with Crippen LogP contribution in [0.4, 0.5) is 0 Å². The van der Waals surface area contributed by atoms with Crippen LogP contribution in [-0.4, -0.2) is 38.1 Å². The number of hydrogen-bond acceptors (Lipinski definition) is 8. The van der Waals surface area contributed by atoms with Crippen molar-refractivity contribution in [2.45, 2.75) is 24.6 Å². The molecule has 0 fully saturated rings. The highest BCUT2D eigenvalue weighted by atomic mass is 32.2. The van der Waals surface area contributed by atoms with Gasteiger partial charge in [-0.1, -0.05) is 36.4 Å². The average Bonchev–Trinajstić information content (AvgIpc) is 3.34. The first-order chi connectivity index (χ1) is 15.3. The Balaban J connectivity index is 2.08. The molecule has 0 bridgehead atoms. The molecule has 1 amide bonds. The number of carbonyl (C=O) groups is 2. The Kier molecular flexibility index (Phi) is 7.62. The van der Waals surface area contributed by atoms with Gasteiger partial charge in [0.1, 0.15) is 10.3 Å². The summed E-state index contributed by atoms with van der Waals surface area (Å²) in [5.41, 5.74) is 9.08. The maximum atomic E-state index is 13.9. The summed E-state index contributed by atoms with van der Waals surface area (Å²) in [6, 6.07) is 10.3. The van der Waals surface area contributed by atoms with Gasteiger partial charge in [-0.05, 0) is 35.4 Å². The van der Waals surface area contributed by atoms with Gasteiger partial charge >= 0.3 is 0 Å². The highest BCUT2D eigenvalue weighted by molar-refractivity contribution is 7.95. The van der Waals surface area contributed by atoms with Crippen molar-refractivity contribution in [3.05, 3.63) is 81.0 Å². The predicted octanol–water partition coefficient (Wildman–Crippen LogP) is 2.03. The highest BCUT2D eigenvalue weighted by Crippen LogP contribution is 2.36. The molecule has 32 heavy (non-hydrogen) atoms. The van der Waals surface area contributed by atoms with E-state index in [1.54, 1.807) is 41.8 Å². The fraction of sp³-hybridized carbons (Fsp3) is 0.273. The van der Waals surface area contributed by atoms with Gasteiger partial charge in [-0.25, -0.2) is 14.3 Å². The molecule has 5 N–H and O–H groups in total. The van der Waals surface area contributed by atoms with Crippen LogP contribution in [0.5, 0.6) is 0 Å². The van der Waals surface area contributed by atoms with Crippen LogP contribution in [0.15, 0.2) is 65.0 Å². The van der Waals surface area contributed by atoms with Gasteiger partial charge in [-0.2, -0.15) is 0 Å². The third-order valence-corrected chi connectivity index (χ3v) is 8.39. The number of sulfone groups is 1. The van der Waals surface area contributed by atoms with Crippen LogP contribution < -0.4 is 17.0 Å². The molecule has 0 radical (unpaired) electrons. The molecule has 0 spiro atoms. The molecule has 2 aromatic rings. The third kappa shape index (κ3) is 4.83. The Bertz CT molecular complexity index is 1120. The summed E-state index contributed by atoms with van der Waals surface area (Å²) in [4.78, 5) is 27.3. The lowest BCUT2D eigenvalue weighted by atomic mass is 10.1.